The van der Waals surface area contributed by atoms with Gasteiger partial charge in [0, 0.05) is 5.56 Å². The molecule has 3 aromatic rings. The van der Waals surface area contributed by atoms with Gasteiger partial charge in [0.2, 0.25) is 11.8 Å². The van der Waals surface area contributed by atoms with E-state index in [2.05, 4.69) is 20.3 Å². The van der Waals surface area contributed by atoms with E-state index in [-0.39, 0.29) is 22.6 Å². The highest BCUT2D eigenvalue weighted by Crippen LogP contribution is 2.32. The Hall–Kier alpha value is -3.18. The SMILES string of the molecule is CCOC(=O)c1sc(NC(=O)CSc2nc(O)cc(=O)[nH]2)nc1-c1ccccc1. The number of esters is 1. The number of benzene rings is 1. The molecule has 0 saturated carbocycles. The van der Waals surface area contributed by atoms with Crippen LogP contribution in [0.3, 0.4) is 0 Å². The van der Waals surface area contributed by atoms with E-state index in [1.54, 1.807) is 6.92 Å². The summed E-state index contributed by atoms with van der Waals surface area (Å²) in [6.07, 6.45) is 0. The molecule has 3 N–H and O–H groups in total. The average Bonchev–Trinajstić information content (AvgIpc) is 3.10. The van der Waals surface area contributed by atoms with Gasteiger partial charge in [0.05, 0.1) is 24.1 Å². The first-order valence-electron chi connectivity index (χ1n) is 8.42. The number of nitrogens with one attached hydrogen (secondary N) is 2. The van der Waals surface area contributed by atoms with Gasteiger partial charge in [-0.2, -0.15) is 4.98 Å². The van der Waals surface area contributed by atoms with Crippen molar-refractivity contribution in [2.45, 2.75) is 12.1 Å². The Balaban J connectivity index is 1.75. The van der Waals surface area contributed by atoms with Gasteiger partial charge in [0.25, 0.3) is 5.56 Å². The van der Waals surface area contributed by atoms with Crippen molar-refractivity contribution < 1.29 is 19.4 Å². The molecule has 0 aliphatic rings. The van der Waals surface area contributed by atoms with Gasteiger partial charge in [-0.3, -0.25) is 9.59 Å². The van der Waals surface area contributed by atoms with Crippen molar-refractivity contribution in [2.24, 2.45) is 0 Å². The van der Waals surface area contributed by atoms with Crippen LogP contribution in [-0.2, 0) is 9.53 Å². The zero-order valence-corrected chi connectivity index (χ0v) is 16.8. The number of thiazole rings is 1. The van der Waals surface area contributed by atoms with Gasteiger partial charge in [-0.25, -0.2) is 9.78 Å². The minimum absolute atomic E-state index is 0.0820. The molecule has 0 bridgehead atoms. The molecule has 0 aliphatic heterocycles. The lowest BCUT2D eigenvalue weighted by Gasteiger charge is -2.02. The number of anilines is 1. The van der Waals surface area contributed by atoms with Gasteiger partial charge in [0.1, 0.15) is 4.88 Å². The summed E-state index contributed by atoms with van der Waals surface area (Å²) in [5.41, 5.74) is 0.631. The second-order valence-electron chi connectivity index (χ2n) is 5.53. The molecule has 9 nitrogen and oxygen atoms in total. The minimum Gasteiger partial charge on any atom is -0.493 e. The molecule has 2 aromatic heterocycles. The molecule has 3 rings (SSSR count). The molecule has 29 heavy (non-hydrogen) atoms. The lowest BCUT2D eigenvalue weighted by Crippen LogP contribution is -2.15. The number of aromatic amines is 1. The van der Waals surface area contributed by atoms with Crippen LogP contribution in [0.4, 0.5) is 5.13 Å². The van der Waals surface area contributed by atoms with Crippen molar-refractivity contribution in [1.82, 2.24) is 15.0 Å². The normalized spacial score (nSPS) is 10.5. The maximum absolute atomic E-state index is 12.3. The van der Waals surface area contributed by atoms with E-state index in [0.717, 1.165) is 34.7 Å². The highest BCUT2D eigenvalue weighted by atomic mass is 32.2. The molecular weight excluding hydrogens is 416 g/mol. The number of thioether (sulfide) groups is 1. The zero-order chi connectivity index (χ0) is 20.8. The summed E-state index contributed by atoms with van der Waals surface area (Å²) in [7, 11) is 0. The zero-order valence-electron chi connectivity index (χ0n) is 15.2. The van der Waals surface area contributed by atoms with Gasteiger partial charge in [-0.05, 0) is 6.92 Å². The third kappa shape index (κ3) is 5.42. The second kappa shape index (κ2) is 9.34. The second-order valence-corrected chi connectivity index (χ2v) is 7.49. The fourth-order valence-corrected chi connectivity index (χ4v) is 3.85. The molecule has 0 atom stereocenters. The number of hydrogen-bond donors (Lipinski definition) is 3. The first-order chi connectivity index (χ1) is 14.0. The molecule has 150 valence electrons. The molecule has 0 spiro atoms. The number of ether oxygens (including phenoxy) is 1. The van der Waals surface area contributed by atoms with Crippen molar-refractivity contribution in [3.63, 3.8) is 0 Å². The molecule has 1 amide bonds. The van der Waals surface area contributed by atoms with Crippen molar-refractivity contribution in [1.29, 1.82) is 0 Å². The maximum atomic E-state index is 12.3. The number of aromatic hydroxyl groups is 1. The molecular formula is C18H16N4O5S2. The third-order valence-electron chi connectivity index (χ3n) is 3.43. The van der Waals surface area contributed by atoms with Crippen molar-refractivity contribution >= 4 is 40.1 Å². The quantitative estimate of drug-likeness (QED) is 0.294. The van der Waals surface area contributed by atoms with Gasteiger partial charge in [0.15, 0.2) is 10.3 Å². The topological polar surface area (TPSA) is 134 Å². The minimum atomic E-state index is -0.521. The third-order valence-corrected chi connectivity index (χ3v) is 5.25. The number of carbonyl (C=O) groups excluding carboxylic acids is 2. The van der Waals surface area contributed by atoms with Crippen LogP contribution in [0.25, 0.3) is 11.3 Å². The summed E-state index contributed by atoms with van der Waals surface area (Å²) < 4.78 is 5.09. The van der Waals surface area contributed by atoms with Crippen molar-refractivity contribution in [3.05, 3.63) is 51.6 Å². The first-order valence-corrected chi connectivity index (χ1v) is 10.2. The average molecular weight is 432 g/mol. The molecule has 0 fully saturated rings. The van der Waals surface area contributed by atoms with Crippen LogP contribution in [0.15, 0.2) is 46.3 Å². The number of carbonyl (C=O) groups is 2. The molecule has 1 aromatic carbocycles. The highest BCUT2D eigenvalue weighted by molar-refractivity contribution is 7.99. The van der Waals surface area contributed by atoms with Crippen LogP contribution in [0.5, 0.6) is 5.88 Å². The summed E-state index contributed by atoms with van der Waals surface area (Å²) >= 11 is 1.96. The van der Waals surface area contributed by atoms with Crippen LogP contribution < -0.4 is 10.9 Å². The Morgan fingerprint density at radius 2 is 2.03 bits per heavy atom. The summed E-state index contributed by atoms with van der Waals surface area (Å²) in [6, 6.07) is 10.0. The van der Waals surface area contributed by atoms with E-state index < -0.39 is 23.3 Å². The Morgan fingerprint density at radius 1 is 1.28 bits per heavy atom. The number of rotatable bonds is 7. The fourth-order valence-electron chi connectivity index (χ4n) is 2.28. The Labute approximate surface area is 173 Å². The van der Waals surface area contributed by atoms with E-state index in [1.165, 1.54) is 0 Å². The van der Waals surface area contributed by atoms with Gasteiger partial charge in [-0.15, -0.1) is 0 Å². The van der Waals surface area contributed by atoms with Crippen LogP contribution >= 0.6 is 23.1 Å². The standard InChI is InChI=1S/C18H16N4O5S2/c1-2-27-16(26)15-14(10-6-4-3-5-7-10)22-18(29-15)21-13(25)9-28-17-19-11(23)8-12(24)20-17/h3-8H,2,9H2,1H3,(H,21,22,25)(H2,19,20,23,24). The van der Waals surface area contributed by atoms with Crippen molar-refractivity contribution in [2.75, 3.05) is 17.7 Å². The summed E-state index contributed by atoms with van der Waals surface area (Å²) in [4.78, 5) is 46.6. The maximum Gasteiger partial charge on any atom is 0.350 e. The molecule has 0 aliphatic carbocycles. The van der Waals surface area contributed by atoms with E-state index in [0.29, 0.717) is 10.6 Å². The first kappa shape index (κ1) is 20.6. The Bertz CT molecular complexity index is 1080. The van der Waals surface area contributed by atoms with Gasteiger partial charge >= 0.3 is 5.97 Å². The highest BCUT2D eigenvalue weighted by Gasteiger charge is 2.21. The lowest BCUT2D eigenvalue weighted by atomic mass is 10.1. The number of amides is 1. The van der Waals surface area contributed by atoms with E-state index in [4.69, 9.17) is 4.74 Å². The molecule has 0 unspecified atom stereocenters. The van der Waals surface area contributed by atoms with Crippen LogP contribution in [-0.4, -0.2) is 44.3 Å². The number of H-pyrrole nitrogens is 1. The Morgan fingerprint density at radius 3 is 2.72 bits per heavy atom. The molecule has 0 radical (unpaired) electrons. The number of nitrogens with zero attached hydrogens (tertiary/aromatic N) is 2. The predicted octanol–water partition coefficient (Wildman–Crippen LogP) is 2.51. The fraction of sp³-hybridized carbons (Fsp3) is 0.167. The van der Waals surface area contributed by atoms with E-state index >= 15 is 0 Å². The monoisotopic (exact) mass is 432 g/mol. The Kier molecular flexibility index (Phi) is 6.62. The largest absolute Gasteiger partial charge is 0.493 e. The van der Waals surface area contributed by atoms with E-state index in [1.807, 2.05) is 30.3 Å². The summed E-state index contributed by atoms with van der Waals surface area (Å²) in [6.45, 7) is 1.93. The smallest absolute Gasteiger partial charge is 0.350 e. The van der Waals surface area contributed by atoms with Crippen LogP contribution in [0.1, 0.15) is 16.6 Å². The number of aromatic nitrogens is 3. The molecule has 11 heteroatoms. The molecule has 0 saturated heterocycles. The van der Waals surface area contributed by atoms with Crippen LogP contribution in [0.2, 0.25) is 0 Å². The van der Waals surface area contributed by atoms with Crippen molar-refractivity contribution in [3.8, 4) is 17.1 Å². The van der Waals surface area contributed by atoms with E-state index in [9.17, 15) is 19.5 Å². The lowest BCUT2D eigenvalue weighted by molar-refractivity contribution is -0.113. The number of hydrogen-bond acceptors (Lipinski definition) is 9. The molecule has 2 heterocycles. The summed E-state index contributed by atoms with van der Waals surface area (Å²) in [5.74, 6) is -1.44. The van der Waals surface area contributed by atoms with Gasteiger partial charge < -0.3 is 20.1 Å². The van der Waals surface area contributed by atoms with Gasteiger partial charge in [-0.1, -0.05) is 53.4 Å². The summed E-state index contributed by atoms with van der Waals surface area (Å²) in [5, 5.41) is 12.3. The van der Waals surface area contributed by atoms with Crippen LogP contribution in [0, 0.1) is 0 Å². The predicted molar refractivity (Wildman–Crippen MR) is 109 cm³/mol.